The normalized spacial score (nSPS) is 14.5. The molecule has 0 saturated heterocycles. The van der Waals surface area contributed by atoms with Gasteiger partial charge in [-0.3, -0.25) is 4.55 Å². The topological polar surface area (TPSA) is 104 Å². The Kier molecular flexibility index (Phi) is 12.9. The summed E-state index contributed by atoms with van der Waals surface area (Å²) in [6.07, 6.45) is 6.86. The van der Waals surface area contributed by atoms with Crippen LogP contribution in [0.2, 0.25) is 0 Å². The third-order valence-corrected chi connectivity index (χ3v) is 6.46. The number of unbranched alkanes of at least 4 members (excludes halogenated alkanes) is 7. The summed E-state index contributed by atoms with van der Waals surface area (Å²) >= 11 is 0. The van der Waals surface area contributed by atoms with Gasteiger partial charge in [-0.25, -0.2) is 0 Å². The Labute approximate surface area is 168 Å². The largest absolute Gasteiger partial charge is 1.00 e. The molecule has 0 bridgehead atoms. The van der Waals surface area contributed by atoms with E-state index in [9.17, 15) is 22.9 Å². The molecule has 0 saturated carbocycles. The second-order valence-corrected chi connectivity index (χ2v) is 8.76. The fourth-order valence-corrected chi connectivity index (χ4v) is 3.22. The van der Waals surface area contributed by atoms with Crippen molar-refractivity contribution >= 4 is 16.3 Å². The van der Waals surface area contributed by atoms with Crippen molar-refractivity contribution in [3.05, 3.63) is 0 Å². The standard InChI is InChI=1S/C16H32O6S.Na/c1-5-6-7-8-9-10-11-12-13-16(4,22-14(17)18)15(2,3)23(19,20)21;/h5-13H2,1-4H3,(H,17,18)(H,19,20,21);/q;+1/p-1. The molecule has 0 aromatic heterocycles. The number of hydrogen-bond donors (Lipinski definition) is 1. The summed E-state index contributed by atoms with van der Waals surface area (Å²) in [5, 5.41) is 10.8. The van der Waals surface area contributed by atoms with Crippen LogP contribution in [0, 0.1) is 0 Å². The van der Waals surface area contributed by atoms with E-state index in [-0.39, 0.29) is 36.0 Å². The van der Waals surface area contributed by atoms with Crippen molar-refractivity contribution in [1.82, 2.24) is 0 Å². The number of carboxylic acid groups (broad SMARTS) is 1. The first-order valence-corrected chi connectivity index (χ1v) is 9.79. The molecule has 0 aliphatic carbocycles. The predicted molar refractivity (Wildman–Crippen MR) is 87.7 cm³/mol. The van der Waals surface area contributed by atoms with E-state index in [0.29, 0.717) is 6.42 Å². The van der Waals surface area contributed by atoms with Gasteiger partial charge in [0.25, 0.3) is 16.3 Å². The zero-order valence-corrected chi connectivity index (χ0v) is 18.6. The Morgan fingerprint density at radius 1 is 1.00 bits per heavy atom. The first-order valence-electron chi connectivity index (χ1n) is 8.35. The molecule has 1 atom stereocenters. The second-order valence-electron chi connectivity index (χ2n) is 6.79. The number of ether oxygens (including phenoxy) is 1. The van der Waals surface area contributed by atoms with Gasteiger partial charge in [-0.15, -0.1) is 0 Å². The molecule has 0 fully saturated rings. The molecular formula is C16H31NaO6S. The molecule has 138 valence electrons. The number of carbonyl (C=O) groups is 1. The second kappa shape index (κ2) is 11.7. The summed E-state index contributed by atoms with van der Waals surface area (Å²) in [5.74, 6) is 0. The van der Waals surface area contributed by atoms with Crippen LogP contribution in [0.1, 0.15) is 85.5 Å². The van der Waals surface area contributed by atoms with Gasteiger partial charge < -0.3 is 14.6 Å². The minimum atomic E-state index is -4.48. The van der Waals surface area contributed by atoms with Crippen LogP contribution >= 0.6 is 0 Å². The molecule has 0 aliphatic rings. The van der Waals surface area contributed by atoms with E-state index in [0.717, 1.165) is 19.3 Å². The van der Waals surface area contributed by atoms with Gasteiger partial charge in [0.15, 0.2) is 0 Å². The average molecular weight is 374 g/mol. The van der Waals surface area contributed by atoms with Crippen LogP contribution in [0.25, 0.3) is 0 Å². The van der Waals surface area contributed by atoms with Crippen LogP contribution in [0.4, 0.5) is 4.79 Å². The van der Waals surface area contributed by atoms with Crippen LogP contribution in [0.15, 0.2) is 0 Å². The Morgan fingerprint density at radius 3 is 1.79 bits per heavy atom. The predicted octanol–water partition coefficient (Wildman–Crippen LogP) is 0.306. The van der Waals surface area contributed by atoms with E-state index in [1.165, 1.54) is 46.5 Å². The molecule has 0 radical (unpaired) electrons. The van der Waals surface area contributed by atoms with E-state index in [1.807, 2.05) is 0 Å². The summed E-state index contributed by atoms with van der Waals surface area (Å²) in [4.78, 5) is 10.8. The van der Waals surface area contributed by atoms with Crippen LogP contribution in [0.3, 0.4) is 0 Å². The van der Waals surface area contributed by atoms with Crippen molar-refractivity contribution in [2.75, 3.05) is 0 Å². The van der Waals surface area contributed by atoms with Crippen LogP contribution in [-0.2, 0) is 14.9 Å². The van der Waals surface area contributed by atoms with Gasteiger partial charge in [0.05, 0.1) is 5.60 Å². The molecule has 1 N–H and O–H groups in total. The molecule has 0 amide bonds. The van der Waals surface area contributed by atoms with Crippen molar-refractivity contribution in [2.24, 2.45) is 0 Å². The Hall–Kier alpha value is 0.180. The smallest absolute Gasteiger partial charge is 0.542 e. The van der Waals surface area contributed by atoms with Gasteiger partial charge >= 0.3 is 29.6 Å². The van der Waals surface area contributed by atoms with Crippen molar-refractivity contribution in [2.45, 2.75) is 95.8 Å². The molecule has 6 nitrogen and oxygen atoms in total. The molecule has 0 rings (SSSR count). The van der Waals surface area contributed by atoms with Gasteiger partial charge in [-0.2, -0.15) is 8.42 Å². The maximum absolute atomic E-state index is 11.6. The average Bonchev–Trinajstić information content (AvgIpc) is 2.39. The van der Waals surface area contributed by atoms with E-state index in [1.54, 1.807) is 0 Å². The molecule has 0 aromatic carbocycles. The summed E-state index contributed by atoms with van der Waals surface area (Å²) in [6, 6.07) is 0. The summed E-state index contributed by atoms with van der Waals surface area (Å²) in [6.45, 7) is 6.07. The molecule has 8 heteroatoms. The van der Waals surface area contributed by atoms with Crippen molar-refractivity contribution in [1.29, 1.82) is 0 Å². The van der Waals surface area contributed by atoms with E-state index >= 15 is 0 Å². The minimum absolute atomic E-state index is 0. The Balaban J connectivity index is 0. The van der Waals surface area contributed by atoms with Crippen molar-refractivity contribution < 1.29 is 57.2 Å². The summed E-state index contributed by atoms with van der Waals surface area (Å²) < 4.78 is 35.6. The van der Waals surface area contributed by atoms with Crippen molar-refractivity contribution in [3.63, 3.8) is 0 Å². The van der Waals surface area contributed by atoms with E-state index in [4.69, 9.17) is 4.74 Å². The van der Waals surface area contributed by atoms with Gasteiger partial charge in [0.1, 0.15) is 4.75 Å². The SMILES string of the molecule is CCCCCCCCCCC(C)(OC(=O)[O-])C(C)(C)S(=O)(=O)O.[Na+]. The molecule has 0 spiro atoms. The number of rotatable bonds is 12. The molecule has 1 unspecified atom stereocenters. The number of carbonyl (C=O) groups excluding carboxylic acids is 1. The van der Waals surface area contributed by atoms with Gasteiger partial charge in [-0.1, -0.05) is 58.3 Å². The maximum Gasteiger partial charge on any atom is 1.00 e. The molecular weight excluding hydrogens is 343 g/mol. The first-order chi connectivity index (χ1) is 10.5. The van der Waals surface area contributed by atoms with Crippen molar-refractivity contribution in [3.8, 4) is 0 Å². The molecule has 24 heavy (non-hydrogen) atoms. The van der Waals surface area contributed by atoms with E-state index in [2.05, 4.69) is 6.92 Å². The van der Waals surface area contributed by atoms with Gasteiger partial charge in [-0.05, 0) is 27.2 Å². The third-order valence-electron chi connectivity index (χ3n) is 4.73. The van der Waals surface area contributed by atoms with Gasteiger partial charge in [0, 0.05) is 0 Å². The third kappa shape index (κ3) is 8.52. The Morgan fingerprint density at radius 2 is 1.42 bits per heavy atom. The molecule has 0 aliphatic heterocycles. The summed E-state index contributed by atoms with van der Waals surface area (Å²) in [5.41, 5.74) is -1.55. The fourth-order valence-electron chi connectivity index (χ4n) is 2.53. The quantitative estimate of drug-likeness (QED) is 0.228. The van der Waals surface area contributed by atoms with Crippen LogP contribution < -0.4 is 34.7 Å². The maximum atomic E-state index is 11.6. The fraction of sp³-hybridized carbons (Fsp3) is 0.938. The minimum Gasteiger partial charge on any atom is -0.542 e. The zero-order valence-electron chi connectivity index (χ0n) is 15.8. The molecule has 0 heterocycles. The number of hydrogen-bond acceptors (Lipinski definition) is 5. The monoisotopic (exact) mass is 374 g/mol. The van der Waals surface area contributed by atoms with E-state index < -0.39 is 26.6 Å². The molecule has 0 aromatic rings. The Bertz CT molecular complexity index is 463. The van der Waals surface area contributed by atoms with Crippen LogP contribution in [0.5, 0.6) is 0 Å². The van der Waals surface area contributed by atoms with Crippen LogP contribution in [-0.4, -0.2) is 29.5 Å². The zero-order chi connectivity index (χ0) is 18.1. The van der Waals surface area contributed by atoms with Gasteiger partial charge in [0.2, 0.25) is 0 Å². The summed E-state index contributed by atoms with van der Waals surface area (Å²) in [7, 11) is -4.48. The first kappa shape index (κ1) is 26.4.